The lowest BCUT2D eigenvalue weighted by Crippen LogP contribution is -2.01. The predicted molar refractivity (Wildman–Crippen MR) is 60.5 cm³/mol. The molecule has 3 heteroatoms. The molecule has 0 aromatic heterocycles. The van der Waals surface area contributed by atoms with Gasteiger partial charge in [0.2, 0.25) is 0 Å². The van der Waals surface area contributed by atoms with Crippen LogP contribution >= 0.6 is 11.6 Å². The summed E-state index contributed by atoms with van der Waals surface area (Å²) in [6.45, 7) is 2.08. The maximum Gasteiger partial charge on any atom is 0.171 e. The van der Waals surface area contributed by atoms with Crippen LogP contribution < -0.4 is 0 Å². The SMILES string of the molecule is CCCc1ccc(C(=O)CC=O)c(Cl)c1. The van der Waals surface area contributed by atoms with Crippen LogP contribution in [0.25, 0.3) is 0 Å². The van der Waals surface area contributed by atoms with Gasteiger partial charge in [-0.3, -0.25) is 4.79 Å². The minimum absolute atomic E-state index is 0.104. The van der Waals surface area contributed by atoms with E-state index in [0.29, 0.717) is 16.9 Å². The Morgan fingerprint density at radius 1 is 1.47 bits per heavy atom. The average Bonchev–Trinajstić information content (AvgIpc) is 2.18. The van der Waals surface area contributed by atoms with E-state index >= 15 is 0 Å². The fourth-order valence-electron chi connectivity index (χ4n) is 1.41. The van der Waals surface area contributed by atoms with E-state index in [0.717, 1.165) is 18.4 Å². The summed E-state index contributed by atoms with van der Waals surface area (Å²) in [6.07, 6.45) is 2.48. The van der Waals surface area contributed by atoms with Crippen LogP contribution in [0.15, 0.2) is 18.2 Å². The van der Waals surface area contributed by atoms with Crippen LogP contribution in [0, 0.1) is 0 Å². The third-order valence-corrected chi connectivity index (χ3v) is 2.45. The molecule has 0 aliphatic rings. The average molecular weight is 225 g/mol. The number of carbonyl (C=O) groups is 2. The molecule has 2 nitrogen and oxygen atoms in total. The van der Waals surface area contributed by atoms with Crippen LogP contribution in [0.3, 0.4) is 0 Å². The number of carbonyl (C=O) groups excluding carboxylic acids is 2. The molecule has 0 bridgehead atoms. The summed E-state index contributed by atoms with van der Waals surface area (Å²) in [7, 11) is 0. The van der Waals surface area contributed by atoms with Crippen molar-refractivity contribution in [2.24, 2.45) is 0 Å². The monoisotopic (exact) mass is 224 g/mol. The summed E-state index contributed by atoms with van der Waals surface area (Å²) in [5.74, 6) is -0.224. The largest absolute Gasteiger partial charge is 0.303 e. The summed E-state index contributed by atoms with van der Waals surface area (Å²) in [5, 5.41) is 0.438. The highest BCUT2D eigenvalue weighted by molar-refractivity contribution is 6.34. The lowest BCUT2D eigenvalue weighted by molar-refractivity contribution is -0.107. The first-order valence-electron chi connectivity index (χ1n) is 4.94. The topological polar surface area (TPSA) is 34.1 Å². The number of ketones is 1. The van der Waals surface area contributed by atoms with Gasteiger partial charge in [0, 0.05) is 5.56 Å². The van der Waals surface area contributed by atoms with E-state index in [1.165, 1.54) is 0 Å². The van der Waals surface area contributed by atoms with Gasteiger partial charge in [0.1, 0.15) is 6.29 Å². The number of hydrogen-bond acceptors (Lipinski definition) is 2. The fourth-order valence-corrected chi connectivity index (χ4v) is 1.72. The number of halogens is 1. The van der Waals surface area contributed by atoms with Gasteiger partial charge in [-0.2, -0.15) is 0 Å². The molecule has 0 heterocycles. The molecule has 0 radical (unpaired) electrons. The summed E-state index contributed by atoms with van der Waals surface area (Å²) in [5.41, 5.74) is 1.55. The second-order valence-corrected chi connectivity index (χ2v) is 3.77. The molecule has 80 valence electrons. The highest BCUT2D eigenvalue weighted by atomic mass is 35.5. The van der Waals surface area contributed by atoms with Crippen molar-refractivity contribution in [1.29, 1.82) is 0 Å². The first-order valence-corrected chi connectivity index (χ1v) is 5.32. The van der Waals surface area contributed by atoms with Crippen molar-refractivity contribution in [2.45, 2.75) is 26.2 Å². The molecule has 0 amide bonds. The molecule has 0 N–H and O–H groups in total. The van der Waals surface area contributed by atoms with Gasteiger partial charge in [-0.15, -0.1) is 0 Å². The van der Waals surface area contributed by atoms with Gasteiger partial charge in [-0.1, -0.05) is 31.0 Å². The van der Waals surface area contributed by atoms with E-state index < -0.39 is 0 Å². The van der Waals surface area contributed by atoms with Crippen molar-refractivity contribution in [1.82, 2.24) is 0 Å². The zero-order valence-electron chi connectivity index (χ0n) is 8.63. The minimum atomic E-state index is -0.224. The van der Waals surface area contributed by atoms with Crippen molar-refractivity contribution in [3.63, 3.8) is 0 Å². The Labute approximate surface area is 94.2 Å². The Balaban J connectivity index is 2.92. The Hall–Kier alpha value is -1.15. The Morgan fingerprint density at radius 2 is 2.20 bits per heavy atom. The van der Waals surface area contributed by atoms with Crippen molar-refractivity contribution < 1.29 is 9.59 Å². The molecule has 0 saturated heterocycles. The van der Waals surface area contributed by atoms with E-state index in [2.05, 4.69) is 6.92 Å². The van der Waals surface area contributed by atoms with Crippen LogP contribution in [-0.4, -0.2) is 12.1 Å². The summed E-state index contributed by atoms with van der Waals surface area (Å²) in [6, 6.07) is 5.37. The summed E-state index contributed by atoms with van der Waals surface area (Å²) < 4.78 is 0. The first-order chi connectivity index (χ1) is 7.19. The van der Waals surface area contributed by atoms with Crippen LogP contribution in [0.1, 0.15) is 35.7 Å². The molecular formula is C12H13ClO2. The lowest BCUT2D eigenvalue weighted by Gasteiger charge is -2.04. The first kappa shape index (κ1) is 11.9. The smallest absolute Gasteiger partial charge is 0.171 e. The van der Waals surface area contributed by atoms with Crippen molar-refractivity contribution in [2.75, 3.05) is 0 Å². The van der Waals surface area contributed by atoms with Gasteiger partial charge >= 0.3 is 0 Å². The van der Waals surface area contributed by atoms with Gasteiger partial charge in [-0.25, -0.2) is 0 Å². The second kappa shape index (κ2) is 5.66. The zero-order chi connectivity index (χ0) is 11.3. The van der Waals surface area contributed by atoms with Gasteiger partial charge in [-0.05, 0) is 24.1 Å². The minimum Gasteiger partial charge on any atom is -0.303 e. The van der Waals surface area contributed by atoms with Crippen molar-refractivity contribution >= 4 is 23.7 Å². The molecule has 1 aromatic rings. The van der Waals surface area contributed by atoms with Crippen LogP contribution in [-0.2, 0) is 11.2 Å². The molecule has 0 aliphatic carbocycles. The zero-order valence-corrected chi connectivity index (χ0v) is 9.38. The summed E-state index contributed by atoms with van der Waals surface area (Å²) in [4.78, 5) is 21.6. The molecule has 0 fully saturated rings. The summed E-state index contributed by atoms with van der Waals surface area (Å²) >= 11 is 5.96. The van der Waals surface area contributed by atoms with E-state index in [1.54, 1.807) is 12.1 Å². The molecule has 0 spiro atoms. The highest BCUT2D eigenvalue weighted by Gasteiger charge is 2.09. The normalized spacial score (nSPS) is 10.0. The quantitative estimate of drug-likeness (QED) is 0.438. The number of benzene rings is 1. The fraction of sp³-hybridized carbons (Fsp3) is 0.333. The van der Waals surface area contributed by atoms with E-state index in [1.807, 2.05) is 6.07 Å². The second-order valence-electron chi connectivity index (χ2n) is 3.36. The van der Waals surface area contributed by atoms with E-state index in [9.17, 15) is 9.59 Å². The lowest BCUT2D eigenvalue weighted by atomic mass is 10.0. The van der Waals surface area contributed by atoms with Crippen LogP contribution in [0.2, 0.25) is 5.02 Å². The van der Waals surface area contributed by atoms with E-state index in [-0.39, 0.29) is 12.2 Å². The number of aldehydes is 1. The third kappa shape index (κ3) is 3.17. The maximum absolute atomic E-state index is 11.4. The standard InChI is InChI=1S/C12H13ClO2/c1-2-3-9-4-5-10(11(13)8-9)12(15)6-7-14/h4-5,7-8H,2-3,6H2,1H3. The maximum atomic E-state index is 11.4. The van der Waals surface area contributed by atoms with Crippen molar-refractivity contribution in [3.8, 4) is 0 Å². The number of rotatable bonds is 5. The highest BCUT2D eigenvalue weighted by Crippen LogP contribution is 2.20. The van der Waals surface area contributed by atoms with Crippen LogP contribution in [0.4, 0.5) is 0 Å². The molecular weight excluding hydrogens is 212 g/mol. The Bertz CT molecular complexity index is 372. The Morgan fingerprint density at radius 3 is 2.73 bits per heavy atom. The predicted octanol–water partition coefficient (Wildman–Crippen LogP) is 3.06. The molecule has 15 heavy (non-hydrogen) atoms. The molecule has 1 aromatic carbocycles. The Kier molecular flexibility index (Phi) is 4.50. The molecule has 0 saturated carbocycles. The van der Waals surface area contributed by atoms with Gasteiger partial charge in [0.05, 0.1) is 11.4 Å². The van der Waals surface area contributed by atoms with Crippen molar-refractivity contribution in [3.05, 3.63) is 34.3 Å². The molecule has 0 unspecified atom stereocenters. The number of aryl methyl sites for hydroxylation is 1. The molecule has 1 rings (SSSR count). The van der Waals surface area contributed by atoms with Crippen LogP contribution in [0.5, 0.6) is 0 Å². The molecule has 0 atom stereocenters. The third-order valence-electron chi connectivity index (χ3n) is 2.14. The number of hydrogen-bond donors (Lipinski definition) is 0. The molecule has 0 aliphatic heterocycles. The van der Waals surface area contributed by atoms with Gasteiger partial charge in [0.25, 0.3) is 0 Å². The van der Waals surface area contributed by atoms with Gasteiger partial charge in [0.15, 0.2) is 5.78 Å². The van der Waals surface area contributed by atoms with Gasteiger partial charge < -0.3 is 4.79 Å². The number of Topliss-reactive ketones (excluding diaryl/α,β-unsaturated/α-hetero) is 1. The van der Waals surface area contributed by atoms with E-state index in [4.69, 9.17) is 11.6 Å².